The molecule has 0 spiro atoms. The van der Waals surface area contributed by atoms with E-state index in [1.165, 1.54) is 5.56 Å². The summed E-state index contributed by atoms with van der Waals surface area (Å²) in [6.45, 7) is 1.34. The molecule has 1 aliphatic carbocycles. The van der Waals surface area contributed by atoms with Gasteiger partial charge in [0.05, 0.1) is 30.1 Å². The van der Waals surface area contributed by atoms with Crippen LogP contribution in [0, 0.1) is 16.7 Å². The van der Waals surface area contributed by atoms with Crippen LogP contribution in [0.15, 0.2) is 24.3 Å². The predicted octanol–water partition coefficient (Wildman–Crippen LogP) is 2.91. The topological polar surface area (TPSA) is 33.0 Å². The Bertz CT molecular complexity index is 452. The summed E-state index contributed by atoms with van der Waals surface area (Å²) in [6, 6.07) is 10.3. The molecule has 1 aromatic carbocycles. The van der Waals surface area contributed by atoms with Crippen LogP contribution in [0.25, 0.3) is 0 Å². The molecule has 1 saturated carbocycles. The molecule has 0 unspecified atom stereocenters. The number of hydrogen-bond donors (Lipinski definition) is 0. The molecule has 0 atom stereocenters. The third-order valence-corrected chi connectivity index (χ3v) is 4.23. The highest BCUT2D eigenvalue weighted by atomic mass is 35.5. The Labute approximate surface area is 99.8 Å². The van der Waals surface area contributed by atoms with Crippen molar-refractivity contribution in [1.29, 1.82) is 5.26 Å². The van der Waals surface area contributed by atoms with E-state index in [2.05, 4.69) is 6.07 Å². The summed E-state index contributed by atoms with van der Waals surface area (Å²) in [5.41, 5.74) is 0.938. The van der Waals surface area contributed by atoms with Crippen LogP contribution < -0.4 is 0 Å². The Morgan fingerprint density at radius 1 is 1.19 bits per heavy atom. The van der Waals surface area contributed by atoms with Gasteiger partial charge in [0.15, 0.2) is 0 Å². The molecule has 1 saturated heterocycles. The Morgan fingerprint density at radius 3 is 2.19 bits per heavy atom. The summed E-state index contributed by atoms with van der Waals surface area (Å²) >= 11 is 5.89. The fourth-order valence-electron chi connectivity index (χ4n) is 2.62. The first-order valence-electron chi connectivity index (χ1n) is 5.48. The molecule has 0 N–H and O–H groups in total. The van der Waals surface area contributed by atoms with E-state index in [1.54, 1.807) is 0 Å². The molecule has 2 nitrogen and oxygen atoms in total. The number of benzene rings is 1. The molecule has 16 heavy (non-hydrogen) atoms. The third-order valence-electron chi connectivity index (χ3n) is 3.97. The lowest BCUT2D eigenvalue weighted by Gasteiger charge is -2.45. The van der Waals surface area contributed by atoms with Crippen molar-refractivity contribution in [3.8, 4) is 6.07 Å². The minimum Gasteiger partial charge on any atom is -0.379 e. The van der Waals surface area contributed by atoms with Crippen molar-refractivity contribution in [3.05, 3.63) is 34.9 Å². The zero-order valence-corrected chi connectivity index (χ0v) is 9.63. The van der Waals surface area contributed by atoms with Crippen LogP contribution in [-0.4, -0.2) is 13.2 Å². The fraction of sp³-hybridized carbons (Fsp3) is 0.462. The van der Waals surface area contributed by atoms with Crippen molar-refractivity contribution < 1.29 is 4.74 Å². The van der Waals surface area contributed by atoms with Gasteiger partial charge >= 0.3 is 0 Å². The number of nitriles is 1. The number of ether oxygens (including phenoxy) is 1. The highest BCUT2D eigenvalue weighted by Crippen LogP contribution is 2.62. The lowest BCUT2D eigenvalue weighted by molar-refractivity contribution is -0.0867. The van der Waals surface area contributed by atoms with Crippen molar-refractivity contribution >= 4 is 11.6 Å². The second-order valence-corrected chi connectivity index (χ2v) is 5.21. The van der Waals surface area contributed by atoms with Gasteiger partial charge in [-0.2, -0.15) is 5.26 Å². The van der Waals surface area contributed by atoms with E-state index in [0.29, 0.717) is 13.2 Å². The molecule has 0 radical (unpaired) electrons. The molecule has 0 amide bonds. The quantitative estimate of drug-likeness (QED) is 0.787. The SMILES string of the molecule is N#CC1(C2(c3ccc(Cl)cc3)COC2)CC1. The second-order valence-electron chi connectivity index (χ2n) is 4.78. The molecule has 1 heterocycles. The Kier molecular flexibility index (Phi) is 2.04. The average molecular weight is 234 g/mol. The van der Waals surface area contributed by atoms with E-state index >= 15 is 0 Å². The largest absolute Gasteiger partial charge is 0.379 e. The van der Waals surface area contributed by atoms with Gasteiger partial charge in [0.2, 0.25) is 0 Å². The van der Waals surface area contributed by atoms with Crippen molar-refractivity contribution in [3.63, 3.8) is 0 Å². The summed E-state index contributed by atoms with van der Waals surface area (Å²) in [6.07, 6.45) is 1.99. The molecule has 2 fully saturated rings. The van der Waals surface area contributed by atoms with Gasteiger partial charge in [-0.15, -0.1) is 0 Å². The van der Waals surface area contributed by atoms with Crippen LogP contribution in [0.1, 0.15) is 18.4 Å². The lowest BCUT2D eigenvalue weighted by atomic mass is 9.67. The summed E-state index contributed by atoms with van der Waals surface area (Å²) in [5, 5.41) is 10.1. The van der Waals surface area contributed by atoms with E-state index in [-0.39, 0.29) is 10.8 Å². The number of hydrogen-bond acceptors (Lipinski definition) is 2. The molecule has 1 aromatic rings. The second kappa shape index (κ2) is 3.23. The smallest absolute Gasteiger partial charge is 0.0716 e. The highest BCUT2D eigenvalue weighted by Gasteiger charge is 2.64. The summed E-state index contributed by atoms with van der Waals surface area (Å²) < 4.78 is 5.37. The monoisotopic (exact) mass is 233 g/mol. The molecule has 82 valence electrons. The van der Waals surface area contributed by atoms with Crippen LogP contribution in [0.5, 0.6) is 0 Å². The maximum atomic E-state index is 9.34. The highest BCUT2D eigenvalue weighted by molar-refractivity contribution is 6.30. The fourth-order valence-corrected chi connectivity index (χ4v) is 2.74. The van der Waals surface area contributed by atoms with Crippen molar-refractivity contribution in [2.75, 3.05) is 13.2 Å². The minimum atomic E-state index is -0.181. The van der Waals surface area contributed by atoms with Gasteiger partial charge in [0, 0.05) is 5.02 Å². The van der Waals surface area contributed by atoms with Gasteiger partial charge in [0.25, 0.3) is 0 Å². The van der Waals surface area contributed by atoms with Crippen LogP contribution >= 0.6 is 11.6 Å². The molecule has 0 bridgehead atoms. The number of halogens is 1. The summed E-state index contributed by atoms with van der Waals surface area (Å²) in [5.74, 6) is 0. The maximum absolute atomic E-state index is 9.34. The first-order chi connectivity index (χ1) is 7.72. The molecule has 3 rings (SSSR count). The van der Waals surface area contributed by atoms with Crippen molar-refractivity contribution in [2.24, 2.45) is 5.41 Å². The maximum Gasteiger partial charge on any atom is 0.0716 e. The zero-order chi connectivity index (χ0) is 11.2. The Morgan fingerprint density at radius 2 is 1.81 bits per heavy atom. The summed E-state index contributed by atoms with van der Waals surface area (Å²) in [7, 11) is 0. The van der Waals surface area contributed by atoms with Gasteiger partial charge in [-0.1, -0.05) is 23.7 Å². The lowest BCUT2D eigenvalue weighted by Crippen LogP contribution is -2.53. The van der Waals surface area contributed by atoms with E-state index in [1.807, 2.05) is 24.3 Å². The van der Waals surface area contributed by atoms with Gasteiger partial charge in [-0.3, -0.25) is 0 Å². The first-order valence-corrected chi connectivity index (χ1v) is 5.85. The van der Waals surface area contributed by atoms with Gasteiger partial charge in [-0.25, -0.2) is 0 Å². The normalized spacial score (nSPS) is 24.2. The molecule has 0 aromatic heterocycles. The third kappa shape index (κ3) is 1.16. The number of rotatable bonds is 2. The van der Waals surface area contributed by atoms with Crippen molar-refractivity contribution in [2.45, 2.75) is 18.3 Å². The van der Waals surface area contributed by atoms with E-state index in [0.717, 1.165) is 17.9 Å². The van der Waals surface area contributed by atoms with Crippen LogP contribution in [-0.2, 0) is 10.2 Å². The molecular weight excluding hydrogens is 222 g/mol. The predicted molar refractivity (Wildman–Crippen MR) is 61.2 cm³/mol. The molecule has 3 heteroatoms. The van der Waals surface area contributed by atoms with Crippen LogP contribution in [0.2, 0.25) is 5.02 Å². The minimum absolute atomic E-state index is 0.0770. The van der Waals surface area contributed by atoms with Gasteiger partial charge < -0.3 is 4.74 Å². The Hall–Kier alpha value is -1.04. The zero-order valence-electron chi connectivity index (χ0n) is 8.87. The average Bonchev–Trinajstić information content (AvgIpc) is 3.01. The van der Waals surface area contributed by atoms with E-state index < -0.39 is 0 Å². The number of nitrogens with zero attached hydrogens (tertiary/aromatic N) is 1. The van der Waals surface area contributed by atoms with E-state index in [9.17, 15) is 5.26 Å². The van der Waals surface area contributed by atoms with Crippen molar-refractivity contribution in [1.82, 2.24) is 0 Å². The standard InChI is InChI=1S/C13H12ClNO/c14-11-3-1-10(2-4-11)13(8-16-9-13)12(7-15)5-6-12/h1-4H,5-6,8-9H2. The molecular formula is C13H12ClNO. The molecule has 2 aliphatic rings. The van der Waals surface area contributed by atoms with Crippen LogP contribution in [0.3, 0.4) is 0 Å². The van der Waals surface area contributed by atoms with Crippen LogP contribution in [0.4, 0.5) is 0 Å². The molecule has 1 aliphatic heterocycles. The van der Waals surface area contributed by atoms with E-state index in [4.69, 9.17) is 16.3 Å². The summed E-state index contributed by atoms with van der Waals surface area (Å²) in [4.78, 5) is 0. The van der Waals surface area contributed by atoms with Gasteiger partial charge in [0.1, 0.15) is 0 Å². The van der Waals surface area contributed by atoms with Gasteiger partial charge in [-0.05, 0) is 30.5 Å². The first kappa shape index (κ1) is 10.1. The Balaban J connectivity index is 2.03.